The number of hydrogen-bond acceptors (Lipinski definition) is 6. The van der Waals surface area contributed by atoms with Crippen LogP contribution >= 0.6 is 11.8 Å². The van der Waals surface area contributed by atoms with E-state index < -0.39 is 41.8 Å². The Labute approximate surface area is 186 Å². The van der Waals surface area contributed by atoms with Gasteiger partial charge in [0.25, 0.3) is 0 Å². The van der Waals surface area contributed by atoms with Crippen molar-refractivity contribution in [1.29, 1.82) is 0 Å². The monoisotopic (exact) mass is 452 g/mol. The third-order valence-electron chi connectivity index (χ3n) is 4.60. The molecule has 0 aliphatic carbocycles. The van der Waals surface area contributed by atoms with Crippen LogP contribution < -0.4 is 21.7 Å². The molecule has 3 unspecified atom stereocenters. The average molecular weight is 453 g/mol. The van der Waals surface area contributed by atoms with Crippen LogP contribution in [0.4, 0.5) is 0 Å². The van der Waals surface area contributed by atoms with E-state index in [9.17, 15) is 24.3 Å². The second-order valence-electron chi connectivity index (χ2n) is 7.48. The molecule has 0 fully saturated rings. The van der Waals surface area contributed by atoms with E-state index in [-0.39, 0.29) is 18.9 Å². The zero-order valence-electron chi connectivity index (χ0n) is 18.1. The van der Waals surface area contributed by atoms with Crippen molar-refractivity contribution in [3.63, 3.8) is 0 Å². The molecule has 0 saturated carbocycles. The number of rotatable bonds is 13. The van der Waals surface area contributed by atoms with Gasteiger partial charge in [-0.15, -0.1) is 0 Å². The SMILES string of the molecule is CSCCC(NC(=O)CNC(=O)C(N)C(C)C)C(=O)NC(Cc1ccccc1)C(=O)O. The molecular weight excluding hydrogens is 420 g/mol. The van der Waals surface area contributed by atoms with Crippen molar-refractivity contribution in [2.75, 3.05) is 18.6 Å². The lowest BCUT2D eigenvalue weighted by atomic mass is 10.1. The first-order valence-electron chi connectivity index (χ1n) is 10.0. The molecule has 0 radical (unpaired) electrons. The van der Waals surface area contributed by atoms with Crippen molar-refractivity contribution in [2.45, 2.75) is 44.8 Å². The summed E-state index contributed by atoms with van der Waals surface area (Å²) in [7, 11) is 0. The molecule has 172 valence electrons. The fraction of sp³-hybridized carbons (Fsp3) is 0.524. The van der Waals surface area contributed by atoms with Gasteiger partial charge < -0.3 is 26.8 Å². The molecular formula is C21H32N4O5S. The molecule has 1 aromatic carbocycles. The van der Waals surface area contributed by atoms with Crippen LogP contribution in [-0.2, 0) is 25.6 Å². The number of carbonyl (C=O) groups excluding carboxylic acids is 3. The Morgan fingerprint density at radius 3 is 2.23 bits per heavy atom. The van der Waals surface area contributed by atoms with Crippen LogP contribution in [0.2, 0.25) is 0 Å². The molecule has 1 rings (SSSR count). The Bertz CT molecular complexity index is 745. The highest BCUT2D eigenvalue weighted by molar-refractivity contribution is 7.98. The van der Waals surface area contributed by atoms with Gasteiger partial charge in [0.2, 0.25) is 17.7 Å². The Balaban J connectivity index is 2.72. The van der Waals surface area contributed by atoms with Crippen molar-refractivity contribution in [2.24, 2.45) is 11.7 Å². The molecule has 6 N–H and O–H groups in total. The van der Waals surface area contributed by atoms with E-state index in [1.807, 2.05) is 12.3 Å². The van der Waals surface area contributed by atoms with Gasteiger partial charge in [-0.3, -0.25) is 14.4 Å². The first-order chi connectivity index (χ1) is 14.6. The normalized spacial score (nSPS) is 13.7. The molecule has 1 aromatic rings. The summed E-state index contributed by atoms with van der Waals surface area (Å²) in [5.41, 5.74) is 6.51. The van der Waals surface area contributed by atoms with E-state index in [1.54, 1.807) is 38.1 Å². The van der Waals surface area contributed by atoms with Crippen molar-refractivity contribution < 1.29 is 24.3 Å². The summed E-state index contributed by atoms with van der Waals surface area (Å²) in [6.07, 6.45) is 2.30. The van der Waals surface area contributed by atoms with Crippen LogP contribution in [-0.4, -0.2) is 65.5 Å². The van der Waals surface area contributed by atoms with Crippen molar-refractivity contribution in [3.8, 4) is 0 Å². The number of amides is 3. The largest absolute Gasteiger partial charge is 0.480 e. The molecule has 3 atom stereocenters. The van der Waals surface area contributed by atoms with Gasteiger partial charge in [-0.25, -0.2) is 4.79 Å². The molecule has 3 amide bonds. The Kier molecular flexibility index (Phi) is 11.7. The molecule has 0 saturated heterocycles. The smallest absolute Gasteiger partial charge is 0.326 e. The molecule has 10 heteroatoms. The van der Waals surface area contributed by atoms with Crippen molar-refractivity contribution >= 4 is 35.5 Å². The van der Waals surface area contributed by atoms with Gasteiger partial charge >= 0.3 is 5.97 Å². The summed E-state index contributed by atoms with van der Waals surface area (Å²) in [6, 6.07) is 6.16. The fourth-order valence-corrected chi connectivity index (χ4v) is 3.13. The van der Waals surface area contributed by atoms with Crippen LogP contribution in [0.3, 0.4) is 0 Å². The first-order valence-corrected chi connectivity index (χ1v) is 11.4. The topological polar surface area (TPSA) is 151 Å². The van der Waals surface area contributed by atoms with Gasteiger partial charge in [0.05, 0.1) is 12.6 Å². The maximum atomic E-state index is 12.7. The maximum absolute atomic E-state index is 12.7. The zero-order chi connectivity index (χ0) is 23.4. The minimum atomic E-state index is -1.16. The Morgan fingerprint density at radius 2 is 1.68 bits per heavy atom. The lowest BCUT2D eigenvalue weighted by Crippen LogP contribution is -2.54. The van der Waals surface area contributed by atoms with Gasteiger partial charge in [-0.05, 0) is 29.9 Å². The number of nitrogens with two attached hydrogens (primary N) is 1. The molecule has 9 nitrogen and oxygen atoms in total. The number of carbonyl (C=O) groups is 4. The summed E-state index contributed by atoms with van der Waals surface area (Å²) < 4.78 is 0. The fourth-order valence-electron chi connectivity index (χ4n) is 2.66. The number of aliphatic carboxylic acids is 1. The van der Waals surface area contributed by atoms with Gasteiger partial charge in [-0.2, -0.15) is 11.8 Å². The second kappa shape index (κ2) is 13.7. The van der Waals surface area contributed by atoms with Gasteiger partial charge in [0.15, 0.2) is 0 Å². The number of benzene rings is 1. The lowest BCUT2D eigenvalue weighted by molar-refractivity contribution is -0.142. The highest BCUT2D eigenvalue weighted by atomic mass is 32.2. The first kappa shape index (κ1) is 26.4. The Hall–Kier alpha value is -2.59. The lowest BCUT2D eigenvalue weighted by Gasteiger charge is -2.22. The van der Waals surface area contributed by atoms with E-state index in [0.717, 1.165) is 5.56 Å². The van der Waals surface area contributed by atoms with Crippen molar-refractivity contribution in [3.05, 3.63) is 35.9 Å². The molecule has 0 aliphatic rings. The average Bonchev–Trinajstić information content (AvgIpc) is 2.74. The molecule has 0 aliphatic heterocycles. The van der Waals surface area contributed by atoms with Crippen molar-refractivity contribution in [1.82, 2.24) is 16.0 Å². The van der Waals surface area contributed by atoms with E-state index in [4.69, 9.17) is 5.73 Å². The number of thioether (sulfide) groups is 1. The maximum Gasteiger partial charge on any atom is 0.326 e. The molecule has 0 bridgehead atoms. The molecule has 0 spiro atoms. The summed E-state index contributed by atoms with van der Waals surface area (Å²) in [5.74, 6) is -2.26. The highest BCUT2D eigenvalue weighted by Crippen LogP contribution is 2.06. The predicted octanol–water partition coefficient (Wildman–Crippen LogP) is 0.136. The van der Waals surface area contributed by atoms with Gasteiger partial charge in [0, 0.05) is 6.42 Å². The van der Waals surface area contributed by atoms with Crippen LogP contribution in [0.1, 0.15) is 25.8 Å². The molecule has 0 aromatic heterocycles. The van der Waals surface area contributed by atoms with Gasteiger partial charge in [0.1, 0.15) is 12.1 Å². The third kappa shape index (κ3) is 9.84. The second-order valence-corrected chi connectivity index (χ2v) is 8.46. The number of carboxylic acid groups (broad SMARTS) is 1. The summed E-state index contributed by atoms with van der Waals surface area (Å²) in [6.45, 7) is 3.26. The summed E-state index contributed by atoms with van der Waals surface area (Å²) >= 11 is 1.49. The summed E-state index contributed by atoms with van der Waals surface area (Å²) in [4.78, 5) is 48.5. The third-order valence-corrected chi connectivity index (χ3v) is 5.25. The molecule has 0 heterocycles. The minimum Gasteiger partial charge on any atom is -0.480 e. The minimum absolute atomic E-state index is 0.0827. The van der Waals surface area contributed by atoms with Crippen LogP contribution in [0.25, 0.3) is 0 Å². The quantitative estimate of drug-likeness (QED) is 0.285. The highest BCUT2D eigenvalue weighted by Gasteiger charge is 2.27. The zero-order valence-corrected chi connectivity index (χ0v) is 18.9. The number of nitrogens with one attached hydrogen (secondary N) is 3. The summed E-state index contributed by atoms with van der Waals surface area (Å²) in [5, 5.41) is 17.0. The standard InChI is InChI=1S/C21H32N4O5S/c1-13(2)18(22)20(28)23-12-17(26)24-15(9-10-31-3)19(27)25-16(21(29)30)11-14-7-5-4-6-8-14/h4-8,13,15-16,18H,9-12,22H2,1-3H3,(H,23,28)(H,24,26)(H,25,27)(H,29,30). The van der Waals surface area contributed by atoms with E-state index in [2.05, 4.69) is 16.0 Å². The Morgan fingerprint density at radius 1 is 1.03 bits per heavy atom. The number of hydrogen-bond donors (Lipinski definition) is 5. The van der Waals surface area contributed by atoms with E-state index in [0.29, 0.717) is 12.2 Å². The number of carboxylic acids is 1. The van der Waals surface area contributed by atoms with Crippen LogP contribution in [0.15, 0.2) is 30.3 Å². The van der Waals surface area contributed by atoms with Crippen LogP contribution in [0, 0.1) is 5.92 Å². The van der Waals surface area contributed by atoms with Crippen LogP contribution in [0.5, 0.6) is 0 Å². The van der Waals surface area contributed by atoms with E-state index >= 15 is 0 Å². The molecule has 31 heavy (non-hydrogen) atoms. The van der Waals surface area contributed by atoms with E-state index in [1.165, 1.54) is 11.8 Å². The van der Waals surface area contributed by atoms with Gasteiger partial charge in [-0.1, -0.05) is 44.2 Å². The predicted molar refractivity (Wildman–Crippen MR) is 120 cm³/mol.